The summed E-state index contributed by atoms with van der Waals surface area (Å²) in [5.41, 5.74) is 0.682. The van der Waals surface area contributed by atoms with Crippen molar-refractivity contribution in [1.29, 1.82) is 0 Å². The number of primary sulfonamides is 1. The van der Waals surface area contributed by atoms with E-state index in [4.69, 9.17) is 21.8 Å². The maximum absolute atomic E-state index is 11.1. The Hall–Kier alpha value is -1.18. The fourth-order valence-electron chi connectivity index (χ4n) is 1.17. The van der Waals surface area contributed by atoms with Crippen LogP contribution in [0.5, 0.6) is 0 Å². The molecule has 0 saturated heterocycles. The summed E-state index contributed by atoms with van der Waals surface area (Å²) in [7, 11) is -3.78. The van der Waals surface area contributed by atoms with Crippen LogP contribution in [0.25, 0.3) is 11.1 Å². The molecule has 74 valence electrons. The van der Waals surface area contributed by atoms with Crippen LogP contribution in [0.4, 0.5) is 0 Å². The Morgan fingerprint density at radius 3 is 2.79 bits per heavy atom. The van der Waals surface area contributed by atoms with Crippen molar-refractivity contribution in [3.05, 3.63) is 23.0 Å². The molecular weight excluding hydrogens is 224 g/mol. The third kappa shape index (κ3) is 1.45. The third-order valence-electron chi connectivity index (χ3n) is 1.72. The summed E-state index contributed by atoms with van der Waals surface area (Å²) < 4.78 is 27.3. The summed E-state index contributed by atoms with van der Waals surface area (Å²) in [6, 6.07) is 4.58. The molecule has 0 unspecified atom stereocenters. The number of aromatic nitrogens is 1. The van der Waals surface area contributed by atoms with E-state index in [9.17, 15) is 8.42 Å². The highest BCUT2D eigenvalue weighted by molar-refractivity contribution is 7.89. The van der Waals surface area contributed by atoms with Crippen molar-refractivity contribution in [3.8, 4) is 0 Å². The number of oxazole rings is 1. The number of fused-ring (bicyclic) bond motifs is 1. The zero-order valence-corrected chi connectivity index (χ0v) is 8.48. The highest BCUT2D eigenvalue weighted by Gasteiger charge is 2.14. The van der Waals surface area contributed by atoms with E-state index in [1.807, 2.05) is 0 Å². The minimum Gasteiger partial charge on any atom is -0.428 e. The van der Waals surface area contributed by atoms with Crippen molar-refractivity contribution in [2.45, 2.75) is 4.90 Å². The van der Waals surface area contributed by atoms with Crippen molar-refractivity contribution in [3.63, 3.8) is 0 Å². The predicted octanol–water partition coefficient (Wildman–Crippen LogP) is 1.14. The monoisotopic (exact) mass is 230 g/mol. The van der Waals surface area contributed by atoms with E-state index < -0.39 is 10.0 Å². The number of para-hydroxylation sites is 1. The Labute approximate surface area is 84.6 Å². The minimum atomic E-state index is -3.78. The van der Waals surface area contributed by atoms with Gasteiger partial charge < -0.3 is 9.40 Å². The van der Waals surface area contributed by atoms with E-state index in [2.05, 4.69) is 4.98 Å². The molecule has 1 heterocycles. The van der Waals surface area contributed by atoms with E-state index in [-0.39, 0.29) is 15.3 Å². The molecule has 1 aromatic heterocycles. The van der Waals surface area contributed by atoms with Gasteiger partial charge in [-0.25, -0.2) is 13.6 Å². The normalized spacial score (nSPS) is 12.1. The van der Waals surface area contributed by atoms with Gasteiger partial charge in [0.05, 0.1) is 5.52 Å². The van der Waals surface area contributed by atoms with Crippen LogP contribution in [0.3, 0.4) is 0 Å². The topological polar surface area (TPSA) is 89.1 Å². The molecule has 14 heavy (non-hydrogen) atoms. The molecule has 0 amide bonds. The molecule has 3 N–H and O–H groups in total. The van der Waals surface area contributed by atoms with E-state index in [1.54, 1.807) is 12.1 Å². The van der Waals surface area contributed by atoms with Crippen LogP contribution in [0.15, 0.2) is 27.5 Å². The van der Waals surface area contributed by atoms with Crippen molar-refractivity contribution >= 4 is 33.3 Å². The van der Waals surface area contributed by atoms with Gasteiger partial charge in [0.15, 0.2) is 5.58 Å². The highest BCUT2D eigenvalue weighted by Crippen LogP contribution is 2.21. The molecule has 5 nitrogen and oxygen atoms in total. The Morgan fingerprint density at radius 2 is 2.14 bits per heavy atom. The highest BCUT2D eigenvalue weighted by atomic mass is 32.2. The first-order valence-corrected chi connectivity index (χ1v) is 5.58. The van der Waals surface area contributed by atoms with Gasteiger partial charge in [-0.3, -0.25) is 0 Å². The average Bonchev–Trinajstić information content (AvgIpc) is 2.41. The lowest BCUT2D eigenvalue weighted by Crippen LogP contribution is -2.12. The summed E-state index contributed by atoms with van der Waals surface area (Å²) in [6.45, 7) is 0. The van der Waals surface area contributed by atoms with Gasteiger partial charge in [-0.2, -0.15) is 0 Å². The molecule has 0 atom stereocenters. The molecule has 2 rings (SSSR count). The molecule has 0 bridgehead atoms. The van der Waals surface area contributed by atoms with Crippen LogP contribution in [-0.4, -0.2) is 13.4 Å². The Bertz CT molecular complexity index is 638. The molecule has 0 aliphatic rings. The zero-order chi connectivity index (χ0) is 10.3. The molecule has 1 aromatic carbocycles. The Balaban J connectivity index is 2.98. The van der Waals surface area contributed by atoms with Crippen LogP contribution in [-0.2, 0) is 10.0 Å². The van der Waals surface area contributed by atoms with Gasteiger partial charge in [-0.05, 0) is 24.4 Å². The summed E-state index contributed by atoms with van der Waals surface area (Å²) in [5.74, 6) is 0. The van der Waals surface area contributed by atoms with Gasteiger partial charge in [-0.1, -0.05) is 6.07 Å². The van der Waals surface area contributed by atoms with Crippen LogP contribution in [0.2, 0.25) is 0 Å². The molecule has 2 aromatic rings. The lowest BCUT2D eigenvalue weighted by atomic mass is 10.3. The quantitative estimate of drug-likeness (QED) is 0.719. The molecule has 7 heteroatoms. The number of hydrogen-bond acceptors (Lipinski definition) is 4. The molecule has 0 spiro atoms. The number of nitrogens with two attached hydrogens (primary N) is 1. The summed E-state index contributed by atoms with van der Waals surface area (Å²) in [5, 5.41) is 5.00. The maximum Gasteiger partial charge on any atom is 0.266 e. The standard InChI is InChI=1S/C7H6N2O3S2/c8-14(10,11)5-3-1-2-4-6(5)12-7(13)9-4/h1-3H,(H,9,13)(H2,8,10,11). The first kappa shape index (κ1) is 9.38. The van der Waals surface area contributed by atoms with Crippen molar-refractivity contribution in [1.82, 2.24) is 4.98 Å². The summed E-state index contributed by atoms with van der Waals surface area (Å²) in [6.07, 6.45) is 0. The van der Waals surface area contributed by atoms with Crippen LogP contribution in [0.1, 0.15) is 0 Å². The lowest BCUT2D eigenvalue weighted by molar-refractivity contribution is 0.568. The first-order valence-electron chi connectivity index (χ1n) is 3.63. The summed E-state index contributed by atoms with van der Waals surface area (Å²) in [4.78, 5) is 2.75. The second-order valence-corrected chi connectivity index (χ2v) is 4.59. The number of hydrogen-bond donors (Lipinski definition) is 2. The van der Waals surface area contributed by atoms with Crippen molar-refractivity contribution in [2.24, 2.45) is 5.14 Å². The van der Waals surface area contributed by atoms with Crippen LogP contribution in [0, 0.1) is 4.84 Å². The van der Waals surface area contributed by atoms with Gasteiger partial charge in [0.1, 0.15) is 4.90 Å². The number of nitrogens with one attached hydrogen (secondary N) is 1. The fourth-order valence-corrected chi connectivity index (χ4v) is 2.04. The second-order valence-electron chi connectivity index (χ2n) is 2.69. The van der Waals surface area contributed by atoms with E-state index in [1.165, 1.54) is 6.07 Å². The average molecular weight is 230 g/mol. The number of H-pyrrole nitrogens is 1. The van der Waals surface area contributed by atoms with Gasteiger partial charge in [0.25, 0.3) is 4.84 Å². The second kappa shape index (κ2) is 2.91. The number of sulfonamides is 1. The Kier molecular flexibility index (Phi) is 1.95. The lowest BCUT2D eigenvalue weighted by Gasteiger charge is -1.96. The number of benzene rings is 1. The Morgan fingerprint density at radius 1 is 1.43 bits per heavy atom. The molecule has 0 radical (unpaired) electrons. The van der Waals surface area contributed by atoms with E-state index in [0.717, 1.165) is 0 Å². The van der Waals surface area contributed by atoms with Gasteiger partial charge in [0.2, 0.25) is 10.0 Å². The first-order chi connectivity index (χ1) is 6.48. The van der Waals surface area contributed by atoms with Crippen LogP contribution < -0.4 is 5.14 Å². The van der Waals surface area contributed by atoms with E-state index in [0.29, 0.717) is 5.52 Å². The van der Waals surface area contributed by atoms with E-state index >= 15 is 0 Å². The molecular formula is C7H6N2O3S2. The SMILES string of the molecule is NS(=O)(=O)c1cccc2[nH]c(=S)oc12. The maximum atomic E-state index is 11.1. The third-order valence-corrected chi connectivity index (χ3v) is 2.84. The predicted molar refractivity (Wildman–Crippen MR) is 52.8 cm³/mol. The zero-order valence-electron chi connectivity index (χ0n) is 6.85. The number of aromatic amines is 1. The van der Waals surface area contributed by atoms with Gasteiger partial charge in [-0.15, -0.1) is 0 Å². The smallest absolute Gasteiger partial charge is 0.266 e. The van der Waals surface area contributed by atoms with Crippen molar-refractivity contribution in [2.75, 3.05) is 0 Å². The van der Waals surface area contributed by atoms with Gasteiger partial charge >= 0.3 is 0 Å². The van der Waals surface area contributed by atoms with Crippen molar-refractivity contribution < 1.29 is 12.8 Å². The molecule has 0 aliphatic carbocycles. The van der Waals surface area contributed by atoms with Crippen LogP contribution >= 0.6 is 12.2 Å². The fraction of sp³-hybridized carbons (Fsp3) is 0. The molecule has 0 saturated carbocycles. The minimum absolute atomic E-state index is 0.0673. The largest absolute Gasteiger partial charge is 0.428 e. The molecule has 0 aliphatic heterocycles. The molecule has 0 fully saturated rings. The summed E-state index contributed by atoms with van der Waals surface area (Å²) >= 11 is 4.74. The van der Waals surface area contributed by atoms with Gasteiger partial charge in [0, 0.05) is 0 Å². The number of rotatable bonds is 1.